The van der Waals surface area contributed by atoms with Crippen LogP contribution in [0.4, 0.5) is 4.39 Å². The standard InChI is InChI=1S/C18H25FN2O2/c1-12-8-16(20)6-7-21(12)18(22)14-4-5-17(19)15(9-14)11-23-10-13-2-3-13/h4-5,9,12-13,16H,2-3,6-8,10-11,20H2,1H3. The molecule has 126 valence electrons. The van der Waals surface area contributed by atoms with Gasteiger partial charge in [0.15, 0.2) is 0 Å². The van der Waals surface area contributed by atoms with Gasteiger partial charge in [0.1, 0.15) is 5.82 Å². The SMILES string of the molecule is CC1CC(N)CCN1C(=O)c1ccc(F)c(COCC2CC2)c1. The summed E-state index contributed by atoms with van der Waals surface area (Å²) >= 11 is 0. The third-order valence-electron chi connectivity index (χ3n) is 4.78. The number of amides is 1. The van der Waals surface area contributed by atoms with E-state index in [0.29, 0.717) is 30.2 Å². The van der Waals surface area contributed by atoms with Crippen molar-refractivity contribution in [1.29, 1.82) is 0 Å². The number of hydrogen-bond acceptors (Lipinski definition) is 3. The normalized spacial score (nSPS) is 24.7. The van der Waals surface area contributed by atoms with Crippen molar-refractivity contribution in [2.75, 3.05) is 13.2 Å². The van der Waals surface area contributed by atoms with Crippen molar-refractivity contribution >= 4 is 5.91 Å². The molecule has 23 heavy (non-hydrogen) atoms. The number of halogens is 1. The lowest BCUT2D eigenvalue weighted by Gasteiger charge is -2.36. The molecular weight excluding hydrogens is 295 g/mol. The molecule has 1 heterocycles. The first kappa shape index (κ1) is 16.4. The third-order valence-corrected chi connectivity index (χ3v) is 4.78. The number of ether oxygens (including phenoxy) is 1. The van der Waals surface area contributed by atoms with Crippen molar-refractivity contribution in [3.8, 4) is 0 Å². The van der Waals surface area contributed by atoms with Gasteiger partial charge in [0.2, 0.25) is 0 Å². The molecule has 4 nitrogen and oxygen atoms in total. The molecule has 0 radical (unpaired) electrons. The Morgan fingerprint density at radius 3 is 2.87 bits per heavy atom. The van der Waals surface area contributed by atoms with Gasteiger partial charge in [-0.2, -0.15) is 0 Å². The van der Waals surface area contributed by atoms with E-state index < -0.39 is 0 Å². The lowest BCUT2D eigenvalue weighted by molar-refractivity contribution is 0.0618. The van der Waals surface area contributed by atoms with E-state index in [-0.39, 0.29) is 30.4 Å². The molecule has 3 rings (SSSR count). The van der Waals surface area contributed by atoms with Crippen LogP contribution in [0.1, 0.15) is 48.5 Å². The number of carbonyl (C=O) groups is 1. The van der Waals surface area contributed by atoms with Crippen molar-refractivity contribution in [3.63, 3.8) is 0 Å². The zero-order valence-electron chi connectivity index (χ0n) is 13.6. The van der Waals surface area contributed by atoms with E-state index >= 15 is 0 Å². The lowest BCUT2D eigenvalue weighted by atomic mass is 9.98. The number of piperidine rings is 1. The molecule has 1 aliphatic heterocycles. The monoisotopic (exact) mass is 320 g/mol. The molecule has 1 saturated heterocycles. The van der Waals surface area contributed by atoms with Crippen LogP contribution in [0.2, 0.25) is 0 Å². The van der Waals surface area contributed by atoms with Gasteiger partial charge < -0.3 is 15.4 Å². The van der Waals surface area contributed by atoms with Crippen molar-refractivity contribution in [3.05, 3.63) is 35.1 Å². The number of benzene rings is 1. The zero-order valence-corrected chi connectivity index (χ0v) is 13.6. The highest BCUT2D eigenvalue weighted by molar-refractivity contribution is 5.94. The van der Waals surface area contributed by atoms with Gasteiger partial charge in [0.05, 0.1) is 6.61 Å². The van der Waals surface area contributed by atoms with E-state index in [2.05, 4.69) is 0 Å². The summed E-state index contributed by atoms with van der Waals surface area (Å²) in [6, 6.07) is 4.83. The number of nitrogens with two attached hydrogens (primary N) is 1. The molecule has 0 spiro atoms. The van der Waals surface area contributed by atoms with Crippen LogP contribution in [-0.4, -0.2) is 36.0 Å². The number of rotatable bonds is 5. The highest BCUT2D eigenvalue weighted by Crippen LogP contribution is 2.29. The van der Waals surface area contributed by atoms with Gasteiger partial charge in [-0.1, -0.05) is 0 Å². The Bertz CT molecular complexity index is 574. The minimum Gasteiger partial charge on any atom is -0.376 e. The first-order valence-corrected chi connectivity index (χ1v) is 8.47. The minimum absolute atomic E-state index is 0.0483. The van der Waals surface area contributed by atoms with Crippen LogP contribution in [0.3, 0.4) is 0 Å². The number of nitrogens with zero attached hydrogens (tertiary/aromatic N) is 1. The Labute approximate surface area is 136 Å². The minimum atomic E-state index is -0.314. The van der Waals surface area contributed by atoms with Crippen LogP contribution in [0.25, 0.3) is 0 Å². The molecule has 2 atom stereocenters. The summed E-state index contributed by atoms with van der Waals surface area (Å²) in [6.45, 7) is 3.58. The van der Waals surface area contributed by atoms with Crippen LogP contribution in [0, 0.1) is 11.7 Å². The van der Waals surface area contributed by atoms with E-state index in [9.17, 15) is 9.18 Å². The molecule has 0 bridgehead atoms. The van der Waals surface area contributed by atoms with Gasteiger partial charge in [-0.3, -0.25) is 4.79 Å². The van der Waals surface area contributed by atoms with Crippen molar-refractivity contribution < 1.29 is 13.9 Å². The predicted octanol–water partition coefficient (Wildman–Crippen LogP) is 2.70. The molecule has 1 saturated carbocycles. The maximum Gasteiger partial charge on any atom is 0.254 e. The predicted molar refractivity (Wildman–Crippen MR) is 86.5 cm³/mol. The molecule has 5 heteroatoms. The molecule has 2 aliphatic rings. The van der Waals surface area contributed by atoms with Crippen molar-refractivity contribution in [2.24, 2.45) is 11.7 Å². The second-order valence-electron chi connectivity index (χ2n) is 6.90. The molecule has 2 N–H and O–H groups in total. The highest BCUT2D eigenvalue weighted by Gasteiger charge is 2.28. The van der Waals surface area contributed by atoms with Gasteiger partial charge in [0, 0.05) is 36.4 Å². The van der Waals surface area contributed by atoms with Gasteiger partial charge in [-0.15, -0.1) is 0 Å². The largest absolute Gasteiger partial charge is 0.376 e. The Morgan fingerprint density at radius 2 is 2.17 bits per heavy atom. The number of carbonyl (C=O) groups excluding carboxylic acids is 1. The second-order valence-corrected chi connectivity index (χ2v) is 6.90. The van der Waals surface area contributed by atoms with Crippen molar-refractivity contribution in [1.82, 2.24) is 4.90 Å². The number of likely N-dealkylation sites (tertiary alicyclic amines) is 1. The maximum absolute atomic E-state index is 13.9. The summed E-state index contributed by atoms with van der Waals surface area (Å²) in [5.74, 6) is 0.278. The molecule has 2 unspecified atom stereocenters. The maximum atomic E-state index is 13.9. The fourth-order valence-electron chi connectivity index (χ4n) is 3.11. The fraction of sp³-hybridized carbons (Fsp3) is 0.611. The van der Waals surface area contributed by atoms with Crippen molar-refractivity contribution in [2.45, 2.75) is 51.3 Å². The van der Waals surface area contributed by atoms with Crippen LogP contribution < -0.4 is 5.73 Å². The van der Waals surface area contributed by atoms with Gasteiger partial charge in [0.25, 0.3) is 5.91 Å². The topological polar surface area (TPSA) is 55.6 Å². The molecule has 1 amide bonds. The summed E-state index contributed by atoms with van der Waals surface area (Å²) in [4.78, 5) is 14.5. The summed E-state index contributed by atoms with van der Waals surface area (Å²) in [6.07, 6.45) is 4.03. The fourth-order valence-corrected chi connectivity index (χ4v) is 3.11. The first-order valence-electron chi connectivity index (χ1n) is 8.47. The van der Waals surface area contributed by atoms with Crippen LogP contribution in [-0.2, 0) is 11.3 Å². The average molecular weight is 320 g/mol. The zero-order chi connectivity index (χ0) is 16.4. The van der Waals surface area contributed by atoms with E-state index in [0.717, 1.165) is 12.8 Å². The van der Waals surface area contributed by atoms with E-state index in [1.165, 1.54) is 18.9 Å². The Morgan fingerprint density at radius 1 is 1.39 bits per heavy atom. The van der Waals surface area contributed by atoms with Gasteiger partial charge in [-0.05, 0) is 56.7 Å². The van der Waals surface area contributed by atoms with Crippen LogP contribution in [0.15, 0.2) is 18.2 Å². The first-order chi connectivity index (χ1) is 11.0. The number of hydrogen-bond donors (Lipinski definition) is 1. The van der Waals surface area contributed by atoms with Gasteiger partial charge in [-0.25, -0.2) is 4.39 Å². The average Bonchev–Trinajstić information content (AvgIpc) is 3.33. The lowest BCUT2D eigenvalue weighted by Crippen LogP contribution is -2.48. The van der Waals surface area contributed by atoms with Crippen LogP contribution in [0.5, 0.6) is 0 Å². The highest BCUT2D eigenvalue weighted by atomic mass is 19.1. The van der Waals surface area contributed by atoms with E-state index in [1.54, 1.807) is 12.1 Å². The summed E-state index contributed by atoms with van der Waals surface area (Å²) in [7, 11) is 0. The van der Waals surface area contributed by atoms with E-state index in [4.69, 9.17) is 10.5 Å². The Hall–Kier alpha value is -1.46. The second kappa shape index (κ2) is 6.97. The Kier molecular flexibility index (Phi) is 4.97. The molecular formula is C18H25FN2O2. The molecule has 0 aromatic heterocycles. The summed E-state index contributed by atoms with van der Waals surface area (Å²) in [5, 5.41) is 0. The smallest absolute Gasteiger partial charge is 0.254 e. The third kappa shape index (κ3) is 4.09. The molecule has 2 fully saturated rings. The molecule has 1 aromatic carbocycles. The molecule has 1 aromatic rings. The molecule has 1 aliphatic carbocycles. The Balaban J connectivity index is 1.67. The van der Waals surface area contributed by atoms with E-state index in [1.807, 2.05) is 11.8 Å². The van der Waals surface area contributed by atoms with Crippen LogP contribution >= 0.6 is 0 Å². The summed E-state index contributed by atoms with van der Waals surface area (Å²) in [5.41, 5.74) is 6.93. The van der Waals surface area contributed by atoms with Gasteiger partial charge >= 0.3 is 0 Å². The summed E-state index contributed by atoms with van der Waals surface area (Å²) < 4.78 is 19.5. The quantitative estimate of drug-likeness (QED) is 0.907.